The molecule has 0 unspecified atom stereocenters. The Hall–Kier alpha value is -2.82. The van der Waals surface area contributed by atoms with Crippen molar-refractivity contribution in [2.75, 3.05) is 36.6 Å². The summed E-state index contributed by atoms with van der Waals surface area (Å²) in [5.74, 6) is -0.615. The van der Waals surface area contributed by atoms with Gasteiger partial charge in [-0.05, 0) is 30.4 Å². The Morgan fingerprint density at radius 1 is 1.25 bits per heavy atom. The minimum absolute atomic E-state index is 0.0137. The smallest absolute Gasteiger partial charge is 0.376 e. The number of carbonyl (C=O) groups excluding carboxylic acids is 1. The molecule has 1 N–H and O–H groups in total. The van der Waals surface area contributed by atoms with Gasteiger partial charge < -0.3 is 15.1 Å². The van der Waals surface area contributed by atoms with E-state index in [1.54, 1.807) is 19.0 Å². The van der Waals surface area contributed by atoms with E-state index in [0.29, 0.717) is 5.69 Å². The predicted octanol–water partition coefficient (Wildman–Crippen LogP) is 2.21. The number of amidine groups is 1. The molecule has 0 spiro atoms. The molecule has 0 bridgehead atoms. The highest BCUT2D eigenvalue weighted by Gasteiger charge is 2.31. The standard InChI is InChI=1S/C17H17F3N4O3S/c1-23(2)14-5-4-12(17(18,19)20)9-13(14)21-16(25)11-3-6-15-22-28(26,27)8-7-24(15)10-11/h3-6,9-10H,7-8H2,1-2H3,(H,21,25). The third-order valence-corrected chi connectivity index (χ3v) is 5.30. The summed E-state index contributed by atoms with van der Waals surface area (Å²) in [4.78, 5) is 15.7. The minimum atomic E-state index is -4.54. The lowest BCUT2D eigenvalue weighted by Crippen LogP contribution is -2.37. The van der Waals surface area contributed by atoms with Crippen LogP contribution in [0.4, 0.5) is 24.5 Å². The highest BCUT2D eigenvalue weighted by molar-refractivity contribution is 7.90. The first-order chi connectivity index (χ1) is 13.0. The van der Waals surface area contributed by atoms with Crippen LogP contribution in [0.5, 0.6) is 0 Å². The summed E-state index contributed by atoms with van der Waals surface area (Å²) in [5.41, 5.74) is -0.287. The molecule has 2 aliphatic rings. The fourth-order valence-electron chi connectivity index (χ4n) is 2.73. The van der Waals surface area contributed by atoms with Gasteiger partial charge in [0, 0.05) is 26.8 Å². The van der Waals surface area contributed by atoms with Crippen molar-refractivity contribution in [1.29, 1.82) is 0 Å². The fraction of sp³-hybridized carbons (Fsp3) is 0.294. The van der Waals surface area contributed by atoms with Crippen LogP contribution in [0.2, 0.25) is 0 Å². The quantitative estimate of drug-likeness (QED) is 0.820. The van der Waals surface area contributed by atoms with Gasteiger partial charge in [0.25, 0.3) is 15.9 Å². The molecule has 2 aliphatic heterocycles. The van der Waals surface area contributed by atoms with Gasteiger partial charge in [-0.3, -0.25) is 4.79 Å². The van der Waals surface area contributed by atoms with Crippen LogP contribution in [0, 0.1) is 0 Å². The van der Waals surface area contributed by atoms with E-state index in [-0.39, 0.29) is 29.4 Å². The van der Waals surface area contributed by atoms with Crippen LogP contribution in [-0.4, -0.2) is 51.5 Å². The Bertz CT molecular complexity index is 1010. The molecule has 0 fully saturated rings. The van der Waals surface area contributed by atoms with E-state index >= 15 is 0 Å². The minimum Gasteiger partial charge on any atom is -0.376 e. The average molecular weight is 414 g/mol. The van der Waals surface area contributed by atoms with Gasteiger partial charge >= 0.3 is 6.18 Å². The number of carbonyl (C=O) groups is 1. The van der Waals surface area contributed by atoms with Gasteiger partial charge in [0.15, 0.2) is 0 Å². The van der Waals surface area contributed by atoms with Crippen LogP contribution < -0.4 is 10.2 Å². The highest BCUT2D eigenvalue weighted by atomic mass is 32.2. The molecule has 2 heterocycles. The first kappa shape index (κ1) is 19.9. The van der Waals surface area contributed by atoms with E-state index in [1.807, 2.05) is 0 Å². The SMILES string of the molecule is CN(C)c1ccc(C(F)(F)F)cc1NC(=O)C1=CN2CCS(=O)(=O)N=C2C=C1. The van der Waals surface area contributed by atoms with E-state index in [0.717, 1.165) is 12.1 Å². The number of rotatable bonds is 3. The highest BCUT2D eigenvalue weighted by Crippen LogP contribution is 2.35. The number of benzene rings is 1. The van der Waals surface area contributed by atoms with Gasteiger partial charge in [-0.1, -0.05) is 0 Å². The lowest BCUT2D eigenvalue weighted by Gasteiger charge is -2.27. The molecule has 1 aromatic carbocycles. The monoisotopic (exact) mass is 414 g/mol. The molecule has 3 rings (SSSR count). The molecule has 0 saturated carbocycles. The van der Waals surface area contributed by atoms with Crippen LogP contribution in [0.15, 0.2) is 46.5 Å². The van der Waals surface area contributed by atoms with Crippen LogP contribution >= 0.6 is 0 Å². The Morgan fingerprint density at radius 2 is 1.96 bits per heavy atom. The van der Waals surface area contributed by atoms with Crippen molar-refractivity contribution in [3.63, 3.8) is 0 Å². The molecule has 0 radical (unpaired) electrons. The second-order valence-corrected chi connectivity index (χ2v) is 8.18. The summed E-state index contributed by atoms with van der Waals surface area (Å²) in [6.45, 7) is 0.134. The molecule has 7 nitrogen and oxygen atoms in total. The molecular weight excluding hydrogens is 397 g/mol. The summed E-state index contributed by atoms with van der Waals surface area (Å²) >= 11 is 0. The number of alkyl halides is 3. The normalized spacial score (nSPS) is 18.1. The predicted molar refractivity (Wildman–Crippen MR) is 99.6 cm³/mol. The number of nitrogens with zero attached hydrogens (tertiary/aromatic N) is 3. The lowest BCUT2D eigenvalue weighted by atomic mass is 10.1. The molecule has 1 aromatic rings. The molecular formula is C17H17F3N4O3S. The van der Waals surface area contributed by atoms with Crippen molar-refractivity contribution in [2.45, 2.75) is 6.18 Å². The largest absolute Gasteiger partial charge is 0.416 e. The molecule has 0 aromatic heterocycles. The fourth-order valence-corrected chi connectivity index (χ4v) is 3.70. The Kier molecular flexibility index (Phi) is 4.96. The Balaban J connectivity index is 1.88. The first-order valence-corrected chi connectivity index (χ1v) is 9.76. The topological polar surface area (TPSA) is 82.1 Å². The van der Waals surface area contributed by atoms with E-state index < -0.39 is 27.7 Å². The number of fused-ring (bicyclic) bond motifs is 1. The Morgan fingerprint density at radius 3 is 2.61 bits per heavy atom. The van der Waals surface area contributed by atoms with E-state index in [9.17, 15) is 26.4 Å². The van der Waals surface area contributed by atoms with Crippen molar-refractivity contribution >= 4 is 33.1 Å². The van der Waals surface area contributed by atoms with Crippen molar-refractivity contribution in [3.05, 3.63) is 47.7 Å². The molecule has 1 amide bonds. The third kappa shape index (κ3) is 4.19. The zero-order valence-corrected chi connectivity index (χ0v) is 15.8. The molecule has 0 atom stereocenters. The molecule has 0 saturated heterocycles. The maximum atomic E-state index is 13.0. The number of anilines is 2. The summed E-state index contributed by atoms with van der Waals surface area (Å²) in [6, 6.07) is 3.10. The summed E-state index contributed by atoms with van der Waals surface area (Å²) in [6.07, 6.45) is -0.371. The second kappa shape index (κ2) is 6.97. The number of nitrogens with one attached hydrogen (secondary N) is 1. The molecule has 28 heavy (non-hydrogen) atoms. The summed E-state index contributed by atoms with van der Waals surface area (Å²) < 4.78 is 65.7. The van der Waals surface area contributed by atoms with Gasteiger partial charge in [-0.15, -0.1) is 4.40 Å². The van der Waals surface area contributed by atoms with Gasteiger partial charge in [-0.2, -0.15) is 13.2 Å². The van der Waals surface area contributed by atoms with Crippen molar-refractivity contribution in [3.8, 4) is 0 Å². The van der Waals surface area contributed by atoms with Crippen LogP contribution in [0.3, 0.4) is 0 Å². The number of hydrogen-bond donors (Lipinski definition) is 1. The molecule has 0 aliphatic carbocycles. The molecule has 150 valence electrons. The Labute approximate surface area is 159 Å². The first-order valence-electron chi connectivity index (χ1n) is 8.15. The molecule has 11 heteroatoms. The van der Waals surface area contributed by atoms with Gasteiger partial charge in [-0.25, -0.2) is 8.42 Å². The maximum Gasteiger partial charge on any atom is 0.416 e. The van der Waals surface area contributed by atoms with Crippen molar-refractivity contribution in [2.24, 2.45) is 4.40 Å². The van der Waals surface area contributed by atoms with E-state index in [4.69, 9.17) is 0 Å². The van der Waals surface area contributed by atoms with Crippen molar-refractivity contribution < 1.29 is 26.4 Å². The van der Waals surface area contributed by atoms with Crippen LogP contribution in [-0.2, 0) is 21.0 Å². The van der Waals surface area contributed by atoms with Gasteiger partial charge in [0.05, 0.1) is 28.3 Å². The lowest BCUT2D eigenvalue weighted by molar-refractivity contribution is -0.137. The number of sulfonamides is 1. The van der Waals surface area contributed by atoms with Crippen LogP contribution in [0.1, 0.15) is 5.56 Å². The van der Waals surface area contributed by atoms with Crippen molar-refractivity contribution in [1.82, 2.24) is 4.90 Å². The summed E-state index contributed by atoms with van der Waals surface area (Å²) in [5, 5.41) is 2.50. The van der Waals surface area contributed by atoms with Gasteiger partial charge in [0.2, 0.25) is 0 Å². The summed E-state index contributed by atoms with van der Waals surface area (Å²) in [7, 11) is -0.225. The average Bonchev–Trinajstić information content (AvgIpc) is 2.59. The zero-order chi connectivity index (χ0) is 20.7. The van der Waals surface area contributed by atoms with Crippen LogP contribution in [0.25, 0.3) is 0 Å². The third-order valence-electron chi connectivity index (χ3n) is 4.14. The number of hydrogen-bond acceptors (Lipinski definition) is 5. The second-order valence-electron chi connectivity index (χ2n) is 6.42. The number of halogens is 3. The van der Waals surface area contributed by atoms with Gasteiger partial charge in [0.1, 0.15) is 5.84 Å². The number of amides is 1. The maximum absolute atomic E-state index is 13.0. The van der Waals surface area contributed by atoms with E-state index in [1.165, 1.54) is 29.3 Å². The zero-order valence-electron chi connectivity index (χ0n) is 15.0. The van der Waals surface area contributed by atoms with E-state index in [2.05, 4.69) is 9.71 Å².